The average Bonchev–Trinajstić information content (AvgIpc) is 3.04. The molecule has 2 saturated heterocycles. The third-order valence-corrected chi connectivity index (χ3v) is 6.24. The number of imidazole rings is 1. The number of hydrogen-bond acceptors (Lipinski definition) is 3. The molecular formula is C20H34N4O. The van der Waals surface area contributed by atoms with Crippen molar-refractivity contribution in [3.8, 4) is 0 Å². The number of carbonyl (C=O) groups excluding carboxylic acids is 1. The number of carbonyl (C=O) groups is 1. The first kappa shape index (κ1) is 18.4. The highest BCUT2D eigenvalue weighted by Crippen LogP contribution is 2.24. The van der Waals surface area contributed by atoms with Crippen LogP contribution in [-0.2, 0) is 18.3 Å². The van der Waals surface area contributed by atoms with Gasteiger partial charge in [0.05, 0.1) is 6.33 Å². The maximum absolute atomic E-state index is 12.4. The van der Waals surface area contributed by atoms with Gasteiger partial charge in [-0.3, -0.25) is 4.79 Å². The van der Waals surface area contributed by atoms with E-state index in [4.69, 9.17) is 0 Å². The summed E-state index contributed by atoms with van der Waals surface area (Å²) in [4.78, 5) is 21.3. The molecule has 1 amide bonds. The summed E-state index contributed by atoms with van der Waals surface area (Å²) in [5.41, 5.74) is 1.14. The highest BCUT2D eigenvalue weighted by Gasteiger charge is 2.24. The molecule has 3 heterocycles. The van der Waals surface area contributed by atoms with Gasteiger partial charge in [0.15, 0.2) is 0 Å². The maximum Gasteiger partial charge on any atom is 0.222 e. The second-order valence-electron chi connectivity index (χ2n) is 7.99. The topological polar surface area (TPSA) is 41.4 Å². The van der Waals surface area contributed by atoms with Crippen molar-refractivity contribution in [3.63, 3.8) is 0 Å². The molecule has 0 spiro atoms. The van der Waals surface area contributed by atoms with E-state index in [-0.39, 0.29) is 0 Å². The Kier molecular flexibility index (Phi) is 6.51. The van der Waals surface area contributed by atoms with Crippen LogP contribution in [0.1, 0.15) is 57.6 Å². The Morgan fingerprint density at radius 3 is 2.68 bits per heavy atom. The molecule has 140 valence electrons. The number of aryl methyl sites for hydroxylation is 2. The average molecular weight is 347 g/mol. The minimum atomic E-state index is 0.310. The summed E-state index contributed by atoms with van der Waals surface area (Å²) in [7, 11) is 1.99. The second-order valence-corrected chi connectivity index (χ2v) is 7.99. The lowest BCUT2D eigenvalue weighted by Crippen LogP contribution is -2.41. The van der Waals surface area contributed by atoms with Gasteiger partial charge in [-0.2, -0.15) is 0 Å². The Balaban J connectivity index is 1.35. The van der Waals surface area contributed by atoms with Gasteiger partial charge in [-0.1, -0.05) is 6.42 Å². The summed E-state index contributed by atoms with van der Waals surface area (Å²) in [6.45, 7) is 6.81. The van der Waals surface area contributed by atoms with E-state index >= 15 is 0 Å². The fraction of sp³-hybridized carbons (Fsp3) is 0.800. The predicted octanol–water partition coefficient (Wildman–Crippen LogP) is 2.86. The first-order chi connectivity index (χ1) is 12.1. The van der Waals surface area contributed by atoms with Crippen molar-refractivity contribution >= 4 is 5.91 Å². The van der Waals surface area contributed by atoms with E-state index < -0.39 is 0 Å². The van der Waals surface area contributed by atoms with Crippen LogP contribution in [0, 0.1) is 5.92 Å². The van der Waals surface area contributed by atoms with Crippen LogP contribution < -0.4 is 0 Å². The first-order valence-electron chi connectivity index (χ1n) is 10.1. The molecule has 0 aliphatic carbocycles. The van der Waals surface area contributed by atoms with Crippen LogP contribution in [0.15, 0.2) is 12.5 Å². The smallest absolute Gasteiger partial charge is 0.222 e. The molecule has 1 aromatic heterocycles. The Morgan fingerprint density at radius 2 is 2.00 bits per heavy atom. The molecule has 2 aliphatic rings. The minimum absolute atomic E-state index is 0.310. The molecule has 0 radical (unpaired) electrons. The standard InChI is InChI=1S/C20H34N4O/c1-17-5-3-4-11-23(17)12-8-18-9-13-24(14-10-18)20(25)7-6-19-15-21-16-22(19)2/h15-18H,3-14H2,1-2H3. The molecule has 5 nitrogen and oxygen atoms in total. The minimum Gasteiger partial charge on any atom is -0.343 e. The van der Waals surface area contributed by atoms with Crippen molar-refractivity contribution in [2.24, 2.45) is 13.0 Å². The van der Waals surface area contributed by atoms with Crippen molar-refractivity contribution in [1.82, 2.24) is 19.4 Å². The molecule has 1 aromatic rings. The lowest BCUT2D eigenvalue weighted by molar-refractivity contribution is -0.132. The second kappa shape index (κ2) is 8.84. The summed E-state index contributed by atoms with van der Waals surface area (Å²) in [5.74, 6) is 1.11. The van der Waals surface area contributed by atoms with Gasteiger partial charge in [0.25, 0.3) is 0 Å². The van der Waals surface area contributed by atoms with Gasteiger partial charge in [0, 0.05) is 44.5 Å². The molecule has 25 heavy (non-hydrogen) atoms. The summed E-state index contributed by atoms with van der Waals surface area (Å²) < 4.78 is 2.00. The van der Waals surface area contributed by atoms with E-state index in [0.29, 0.717) is 12.3 Å². The van der Waals surface area contributed by atoms with Gasteiger partial charge >= 0.3 is 0 Å². The van der Waals surface area contributed by atoms with Crippen LogP contribution in [0.5, 0.6) is 0 Å². The number of piperidine rings is 2. The van der Waals surface area contributed by atoms with Crippen LogP contribution in [0.4, 0.5) is 0 Å². The molecule has 5 heteroatoms. The summed E-state index contributed by atoms with van der Waals surface area (Å²) in [6.07, 6.45) is 12.9. The number of hydrogen-bond donors (Lipinski definition) is 0. The van der Waals surface area contributed by atoms with Gasteiger partial charge in [0.2, 0.25) is 5.91 Å². The van der Waals surface area contributed by atoms with Gasteiger partial charge in [-0.25, -0.2) is 4.98 Å². The molecule has 0 N–H and O–H groups in total. The molecular weight excluding hydrogens is 312 g/mol. The van der Waals surface area contributed by atoms with E-state index in [9.17, 15) is 4.79 Å². The van der Waals surface area contributed by atoms with E-state index in [0.717, 1.165) is 37.2 Å². The Hall–Kier alpha value is -1.36. The summed E-state index contributed by atoms with van der Waals surface area (Å²) in [6, 6.07) is 0.766. The lowest BCUT2D eigenvalue weighted by Gasteiger charge is -2.36. The van der Waals surface area contributed by atoms with Crippen LogP contribution in [0.2, 0.25) is 0 Å². The van der Waals surface area contributed by atoms with E-state index in [1.165, 1.54) is 51.6 Å². The van der Waals surface area contributed by atoms with Crippen LogP contribution in [0.3, 0.4) is 0 Å². The Morgan fingerprint density at radius 1 is 1.20 bits per heavy atom. The van der Waals surface area contributed by atoms with Gasteiger partial charge in [-0.05, 0) is 64.5 Å². The Bertz CT molecular complexity index is 548. The van der Waals surface area contributed by atoms with E-state index in [1.54, 1.807) is 6.33 Å². The molecule has 2 fully saturated rings. The number of amides is 1. The normalized spacial score (nSPS) is 23.1. The monoisotopic (exact) mass is 346 g/mol. The molecule has 3 rings (SSSR count). The van der Waals surface area contributed by atoms with Crippen molar-refractivity contribution < 1.29 is 4.79 Å². The SMILES string of the molecule is CC1CCCCN1CCC1CCN(C(=O)CCc2cncn2C)CC1. The van der Waals surface area contributed by atoms with Gasteiger partial charge in [-0.15, -0.1) is 0 Å². The largest absolute Gasteiger partial charge is 0.343 e. The zero-order valence-corrected chi connectivity index (χ0v) is 16.0. The van der Waals surface area contributed by atoms with Crippen LogP contribution in [0.25, 0.3) is 0 Å². The van der Waals surface area contributed by atoms with Crippen LogP contribution in [-0.4, -0.2) is 57.5 Å². The summed E-state index contributed by atoms with van der Waals surface area (Å²) >= 11 is 0. The molecule has 1 unspecified atom stereocenters. The van der Waals surface area contributed by atoms with E-state index in [1.807, 2.05) is 17.8 Å². The van der Waals surface area contributed by atoms with E-state index in [2.05, 4.69) is 21.7 Å². The summed E-state index contributed by atoms with van der Waals surface area (Å²) in [5, 5.41) is 0. The fourth-order valence-electron chi connectivity index (χ4n) is 4.33. The van der Waals surface area contributed by atoms with Crippen molar-refractivity contribution in [2.45, 2.75) is 64.3 Å². The zero-order chi connectivity index (χ0) is 17.6. The lowest BCUT2D eigenvalue weighted by atomic mass is 9.92. The van der Waals surface area contributed by atoms with Crippen molar-refractivity contribution in [3.05, 3.63) is 18.2 Å². The molecule has 2 aliphatic heterocycles. The number of rotatable bonds is 6. The van der Waals surface area contributed by atoms with Gasteiger partial charge < -0.3 is 14.4 Å². The molecule has 1 atom stereocenters. The van der Waals surface area contributed by atoms with Crippen LogP contribution >= 0.6 is 0 Å². The van der Waals surface area contributed by atoms with Crippen molar-refractivity contribution in [2.75, 3.05) is 26.2 Å². The van der Waals surface area contributed by atoms with Gasteiger partial charge in [0.1, 0.15) is 0 Å². The highest BCUT2D eigenvalue weighted by molar-refractivity contribution is 5.76. The fourth-order valence-corrected chi connectivity index (χ4v) is 4.33. The number of likely N-dealkylation sites (tertiary alicyclic amines) is 2. The zero-order valence-electron chi connectivity index (χ0n) is 16.0. The quantitative estimate of drug-likeness (QED) is 0.795. The first-order valence-corrected chi connectivity index (χ1v) is 10.1. The highest BCUT2D eigenvalue weighted by atomic mass is 16.2. The van der Waals surface area contributed by atoms with Crippen molar-refractivity contribution in [1.29, 1.82) is 0 Å². The predicted molar refractivity (Wildman–Crippen MR) is 100 cm³/mol. The molecule has 0 bridgehead atoms. The number of aromatic nitrogens is 2. The molecule has 0 aromatic carbocycles. The maximum atomic E-state index is 12.4. The number of nitrogens with zero attached hydrogens (tertiary/aromatic N) is 4. The third-order valence-electron chi connectivity index (χ3n) is 6.24. The molecule has 0 saturated carbocycles. The Labute approximate surface area is 152 Å². The third kappa shape index (κ3) is 5.06.